The monoisotopic (exact) mass is 411 g/mol. The third-order valence-electron chi connectivity index (χ3n) is 7.05. The van der Waals surface area contributed by atoms with E-state index in [0.29, 0.717) is 11.0 Å². The zero-order valence-corrected chi connectivity index (χ0v) is 17.9. The molecule has 4 saturated carbocycles. The SMILES string of the molecule is Cc1ccc(-c2nnc(S[C@@H](C)C(=O)NC34CC5CC(CC(C5)C3)C4)n2N)cc1. The van der Waals surface area contributed by atoms with Crippen LogP contribution in [0.1, 0.15) is 51.0 Å². The number of nitrogens with two attached hydrogens (primary N) is 1. The molecular formula is C22H29N5OS. The number of thioether (sulfide) groups is 1. The van der Waals surface area contributed by atoms with E-state index in [2.05, 4.69) is 15.5 Å². The van der Waals surface area contributed by atoms with Gasteiger partial charge in [-0.05, 0) is 70.1 Å². The minimum Gasteiger partial charge on any atom is -0.350 e. The van der Waals surface area contributed by atoms with Gasteiger partial charge in [-0.2, -0.15) is 0 Å². The van der Waals surface area contributed by atoms with E-state index in [1.807, 2.05) is 38.1 Å². The molecule has 0 radical (unpaired) electrons. The number of benzene rings is 1. The van der Waals surface area contributed by atoms with Gasteiger partial charge in [0.25, 0.3) is 0 Å². The number of nitrogens with zero attached hydrogens (tertiary/aromatic N) is 3. The summed E-state index contributed by atoms with van der Waals surface area (Å²) >= 11 is 1.38. The van der Waals surface area contributed by atoms with Crippen molar-refractivity contribution >= 4 is 17.7 Å². The van der Waals surface area contributed by atoms with Crippen molar-refractivity contribution in [1.82, 2.24) is 20.2 Å². The molecule has 2 aromatic rings. The molecule has 4 fully saturated rings. The summed E-state index contributed by atoms with van der Waals surface area (Å²) in [6.07, 6.45) is 7.60. The molecule has 1 atom stereocenters. The van der Waals surface area contributed by atoms with Crippen molar-refractivity contribution in [1.29, 1.82) is 0 Å². The molecule has 1 aromatic carbocycles. The van der Waals surface area contributed by atoms with E-state index in [-0.39, 0.29) is 16.7 Å². The maximum atomic E-state index is 13.0. The zero-order valence-electron chi connectivity index (χ0n) is 17.1. The summed E-state index contributed by atoms with van der Waals surface area (Å²) in [5.41, 5.74) is 2.13. The van der Waals surface area contributed by atoms with Gasteiger partial charge in [-0.3, -0.25) is 4.79 Å². The van der Waals surface area contributed by atoms with E-state index in [4.69, 9.17) is 5.84 Å². The second-order valence-corrected chi connectivity index (χ2v) is 10.8. The van der Waals surface area contributed by atoms with Crippen LogP contribution in [0, 0.1) is 24.7 Å². The van der Waals surface area contributed by atoms with Crippen molar-refractivity contribution in [2.75, 3.05) is 5.84 Å². The maximum Gasteiger partial charge on any atom is 0.233 e. The Morgan fingerprint density at radius 1 is 1.14 bits per heavy atom. The molecule has 1 heterocycles. The molecule has 0 unspecified atom stereocenters. The summed E-state index contributed by atoms with van der Waals surface area (Å²) in [5, 5.41) is 12.2. The van der Waals surface area contributed by atoms with Gasteiger partial charge in [-0.1, -0.05) is 41.6 Å². The van der Waals surface area contributed by atoms with Gasteiger partial charge in [-0.15, -0.1) is 10.2 Å². The minimum absolute atomic E-state index is 0.0318. The van der Waals surface area contributed by atoms with E-state index in [0.717, 1.165) is 42.6 Å². The first-order chi connectivity index (χ1) is 13.9. The predicted molar refractivity (Wildman–Crippen MR) is 115 cm³/mol. The highest BCUT2D eigenvalue weighted by molar-refractivity contribution is 8.00. The molecule has 0 spiro atoms. The molecule has 0 saturated heterocycles. The highest BCUT2D eigenvalue weighted by Gasteiger charge is 2.51. The van der Waals surface area contributed by atoms with E-state index < -0.39 is 0 Å². The van der Waals surface area contributed by atoms with E-state index in [9.17, 15) is 4.79 Å². The summed E-state index contributed by atoms with van der Waals surface area (Å²) < 4.78 is 1.49. The molecular weight excluding hydrogens is 382 g/mol. The van der Waals surface area contributed by atoms with Gasteiger partial charge in [-0.25, -0.2) is 4.68 Å². The number of aromatic nitrogens is 3. The van der Waals surface area contributed by atoms with Gasteiger partial charge in [0, 0.05) is 11.1 Å². The average Bonchev–Trinajstić information content (AvgIpc) is 3.01. The lowest BCUT2D eigenvalue weighted by Crippen LogP contribution is -2.60. The Kier molecular flexibility index (Phi) is 4.61. The normalized spacial score (nSPS) is 31.0. The molecule has 7 heteroatoms. The fourth-order valence-corrected chi connectivity index (χ4v) is 6.87. The van der Waals surface area contributed by atoms with Gasteiger partial charge >= 0.3 is 0 Å². The van der Waals surface area contributed by atoms with Crippen LogP contribution in [0.5, 0.6) is 0 Å². The lowest BCUT2D eigenvalue weighted by Gasteiger charge is -2.57. The number of rotatable bonds is 5. The number of nitrogens with one attached hydrogen (secondary N) is 1. The summed E-state index contributed by atoms with van der Waals surface area (Å²) in [5.74, 6) is 9.40. The van der Waals surface area contributed by atoms with Gasteiger partial charge in [0.2, 0.25) is 11.1 Å². The van der Waals surface area contributed by atoms with Crippen LogP contribution in [0.2, 0.25) is 0 Å². The lowest BCUT2D eigenvalue weighted by molar-refractivity contribution is -0.126. The number of hydrogen-bond acceptors (Lipinski definition) is 5. The largest absolute Gasteiger partial charge is 0.350 e. The van der Waals surface area contributed by atoms with Crippen molar-refractivity contribution < 1.29 is 4.79 Å². The smallest absolute Gasteiger partial charge is 0.233 e. The molecule has 4 aliphatic rings. The number of aryl methyl sites for hydroxylation is 1. The molecule has 0 aliphatic heterocycles. The molecule has 6 nitrogen and oxygen atoms in total. The topological polar surface area (TPSA) is 85.8 Å². The van der Waals surface area contributed by atoms with Crippen LogP contribution >= 0.6 is 11.8 Å². The first kappa shape index (κ1) is 19.0. The van der Waals surface area contributed by atoms with Gasteiger partial charge in [0.05, 0.1) is 5.25 Å². The summed E-state index contributed by atoms with van der Waals surface area (Å²) in [6.45, 7) is 3.98. The predicted octanol–water partition coefficient (Wildman–Crippen LogP) is 3.53. The number of amides is 1. The van der Waals surface area contributed by atoms with Crippen LogP contribution in [-0.4, -0.2) is 31.6 Å². The Morgan fingerprint density at radius 3 is 2.31 bits per heavy atom. The minimum atomic E-state index is -0.264. The second kappa shape index (κ2) is 7.04. The van der Waals surface area contributed by atoms with Gasteiger partial charge in [0.15, 0.2) is 5.82 Å². The Hall–Kier alpha value is -2.02. The Morgan fingerprint density at radius 2 is 1.72 bits per heavy atom. The fourth-order valence-electron chi connectivity index (χ4n) is 6.10. The summed E-state index contributed by atoms with van der Waals surface area (Å²) in [6, 6.07) is 8.03. The van der Waals surface area contributed by atoms with Crippen LogP contribution in [0.3, 0.4) is 0 Å². The Balaban J connectivity index is 1.27. The Labute approximate surface area is 176 Å². The van der Waals surface area contributed by atoms with Crippen molar-refractivity contribution in [3.05, 3.63) is 29.8 Å². The molecule has 6 rings (SSSR count). The first-order valence-corrected chi connectivity index (χ1v) is 11.5. The first-order valence-electron chi connectivity index (χ1n) is 10.7. The van der Waals surface area contributed by atoms with Crippen molar-refractivity contribution in [2.24, 2.45) is 17.8 Å². The number of nitrogen functional groups attached to an aromatic ring is 1. The maximum absolute atomic E-state index is 13.0. The summed E-state index contributed by atoms with van der Waals surface area (Å²) in [4.78, 5) is 13.0. The van der Waals surface area contributed by atoms with Crippen LogP contribution in [0.25, 0.3) is 11.4 Å². The average molecular weight is 412 g/mol. The van der Waals surface area contributed by atoms with Crippen molar-refractivity contribution in [2.45, 2.75) is 68.3 Å². The second-order valence-electron chi connectivity index (χ2n) is 9.49. The third kappa shape index (κ3) is 3.54. The molecule has 4 bridgehead atoms. The number of carbonyl (C=O) groups excluding carboxylic acids is 1. The standard InChI is InChI=1S/C22H29N5OS/c1-13-3-5-18(6-4-13)19-25-26-21(27(19)23)29-14(2)20(28)24-22-10-15-7-16(11-22)9-17(8-15)12-22/h3-6,14-17H,7-12,23H2,1-2H3,(H,24,28)/t14-,15?,16?,17?,22?/m0/s1. The van der Waals surface area contributed by atoms with Crippen LogP contribution in [0.15, 0.2) is 29.4 Å². The zero-order chi connectivity index (χ0) is 20.2. The van der Waals surface area contributed by atoms with E-state index in [1.165, 1.54) is 41.3 Å². The fraction of sp³-hybridized carbons (Fsp3) is 0.591. The van der Waals surface area contributed by atoms with Crippen molar-refractivity contribution in [3.63, 3.8) is 0 Å². The Bertz CT molecular complexity index is 886. The molecule has 1 amide bonds. The number of carbonyl (C=O) groups is 1. The van der Waals surface area contributed by atoms with E-state index in [1.54, 1.807) is 0 Å². The number of hydrogen-bond donors (Lipinski definition) is 2. The van der Waals surface area contributed by atoms with Crippen molar-refractivity contribution in [3.8, 4) is 11.4 Å². The lowest BCUT2D eigenvalue weighted by atomic mass is 9.53. The molecule has 29 heavy (non-hydrogen) atoms. The highest BCUT2D eigenvalue weighted by Crippen LogP contribution is 2.55. The third-order valence-corrected chi connectivity index (χ3v) is 8.11. The van der Waals surface area contributed by atoms with Gasteiger partial charge in [0.1, 0.15) is 0 Å². The molecule has 154 valence electrons. The molecule has 1 aromatic heterocycles. The molecule has 4 aliphatic carbocycles. The quantitative estimate of drug-likeness (QED) is 0.581. The van der Waals surface area contributed by atoms with Gasteiger partial charge < -0.3 is 11.2 Å². The highest BCUT2D eigenvalue weighted by atomic mass is 32.2. The van der Waals surface area contributed by atoms with Crippen LogP contribution in [-0.2, 0) is 4.79 Å². The molecule has 3 N–H and O–H groups in total. The van der Waals surface area contributed by atoms with Crippen LogP contribution in [0.4, 0.5) is 0 Å². The van der Waals surface area contributed by atoms with E-state index >= 15 is 0 Å². The van der Waals surface area contributed by atoms with Crippen LogP contribution < -0.4 is 11.2 Å². The summed E-state index contributed by atoms with van der Waals surface area (Å²) in [7, 11) is 0.